The molecule has 0 aliphatic heterocycles. The van der Waals surface area contributed by atoms with E-state index in [0.29, 0.717) is 0 Å². The zero-order valence-corrected chi connectivity index (χ0v) is 11.0. The van der Waals surface area contributed by atoms with Gasteiger partial charge >= 0.3 is 0 Å². The topological polar surface area (TPSA) is 0 Å². The molecule has 0 radical (unpaired) electrons. The van der Waals surface area contributed by atoms with E-state index in [9.17, 15) is 0 Å². The Morgan fingerprint density at radius 2 is 2.10 bits per heavy atom. The Labute approximate surface area is 96.2 Å². The molecule has 1 aromatic rings. The van der Waals surface area contributed by atoms with E-state index in [4.69, 9.17) is 0 Å². The van der Waals surface area contributed by atoms with Gasteiger partial charge in [0.25, 0.3) is 0 Å². The van der Waals surface area contributed by atoms with Gasteiger partial charge in [-0.05, 0) is 50.2 Å². The van der Waals surface area contributed by atoms with Crippen molar-refractivity contribution in [1.29, 1.82) is 0 Å². The minimum Gasteiger partial charge on any atom is -0.0811 e. The van der Waals surface area contributed by atoms with E-state index in [2.05, 4.69) is 79.3 Å². The Morgan fingerprint density at radius 3 is 2.60 bits per heavy atom. The Balaban J connectivity index is 3.14. The number of alkyl halides is 1. The molecule has 0 aliphatic rings. The lowest BCUT2D eigenvalue weighted by atomic mass is 10.2. The highest BCUT2D eigenvalue weighted by Crippen LogP contribution is 2.24. The van der Waals surface area contributed by atoms with Gasteiger partial charge < -0.3 is 0 Å². The van der Waals surface area contributed by atoms with Crippen LogP contribution in [0.5, 0.6) is 0 Å². The number of hydrogen-bond donors (Lipinski definition) is 0. The quantitative estimate of drug-likeness (QED) is 0.474. The third-order valence-electron chi connectivity index (χ3n) is 1.18. The number of rotatable bonds is 1. The van der Waals surface area contributed by atoms with Gasteiger partial charge in [0.1, 0.15) is 0 Å². The fourth-order valence-corrected chi connectivity index (χ4v) is 2.77. The van der Waals surface area contributed by atoms with Gasteiger partial charge in [-0.25, -0.2) is 0 Å². The zero-order valence-electron chi connectivity index (χ0n) is 5.07. The molecule has 0 fully saturated rings. The van der Waals surface area contributed by atoms with Crippen LogP contribution < -0.4 is 0 Å². The lowest BCUT2D eigenvalue weighted by Crippen LogP contribution is -1.81. The van der Waals surface area contributed by atoms with Gasteiger partial charge in [0.2, 0.25) is 0 Å². The maximum Gasteiger partial charge on any atom is 0.0348 e. The van der Waals surface area contributed by atoms with E-state index in [0.717, 1.165) is 4.43 Å². The van der Waals surface area contributed by atoms with E-state index in [-0.39, 0.29) is 0 Å². The lowest BCUT2D eigenvalue weighted by Gasteiger charge is -2.00. The molecule has 1 aromatic carbocycles. The van der Waals surface area contributed by atoms with Crippen LogP contribution in [0.4, 0.5) is 0 Å². The fourth-order valence-electron chi connectivity index (χ4n) is 0.652. The third kappa shape index (κ3) is 2.07. The van der Waals surface area contributed by atoms with Crippen molar-refractivity contribution in [2.75, 3.05) is 0 Å². The standard InChI is InChI=1S/C7H5BrI2/c8-7-5(4-9)2-1-3-6(7)10/h1-3H,4H2. The summed E-state index contributed by atoms with van der Waals surface area (Å²) in [6.45, 7) is 0. The summed E-state index contributed by atoms with van der Waals surface area (Å²) in [5.41, 5.74) is 1.37. The lowest BCUT2D eigenvalue weighted by molar-refractivity contribution is 1.39. The summed E-state index contributed by atoms with van der Waals surface area (Å²) in [5.74, 6) is 0. The van der Waals surface area contributed by atoms with Gasteiger partial charge in [0.05, 0.1) is 0 Å². The van der Waals surface area contributed by atoms with Gasteiger partial charge in [-0.15, -0.1) is 0 Å². The van der Waals surface area contributed by atoms with Crippen molar-refractivity contribution in [3.63, 3.8) is 0 Å². The molecule has 1 rings (SSSR count). The molecule has 0 aliphatic carbocycles. The second kappa shape index (κ2) is 4.25. The molecule has 0 N–H and O–H groups in total. The Kier molecular flexibility index (Phi) is 3.93. The van der Waals surface area contributed by atoms with Crippen LogP contribution in [0.25, 0.3) is 0 Å². The Morgan fingerprint density at radius 1 is 1.40 bits per heavy atom. The summed E-state index contributed by atoms with van der Waals surface area (Å²) >= 11 is 8.21. The van der Waals surface area contributed by atoms with Crippen LogP contribution in [0.3, 0.4) is 0 Å². The summed E-state index contributed by atoms with van der Waals surface area (Å²) in [7, 11) is 0. The minimum absolute atomic E-state index is 1.06. The van der Waals surface area contributed by atoms with Crippen LogP contribution in [0.1, 0.15) is 5.56 Å². The summed E-state index contributed by atoms with van der Waals surface area (Å²) < 4.78 is 3.59. The molecule has 0 saturated heterocycles. The molecule has 0 saturated carbocycles. The van der Waals surface area contributed by atoms with Crippen molar-refractivity contribution < 1.29 is 0 Å². The summed E-state index contributed by atoms with van der Waals surface area (Å²) in [5, 5.41) is 0. The molecular weight excluding hydrogens is 418 g/mol. The number of hydrogen-bond acceptors (Lipinski definition) is 0. The maximum absolute atomic E-state index is 3.53. The highest BCUT2D eigenvalue weighted by molar-refractivity contribution is 14.1. The molecule has 10 heavy (non-hydrogen) atoms. The van der Waals surface area contributed by atoms with Gasteiger partial charge in [-0.2, -0.15) is 0 Å². The SMILES string of the molecule is Brc1c(I)cccc1CI. The van der Waals surface area contributed by atoms with Crippen LogP contribution >= 0.6 is 61.1 Å². The van der Waals surface area contributed by atoms with Gasteiger partial charge in [-0.3, -0.25) is 0 Å². The van der Waals surface area contributed by atoms with Gasteiger partial charge in [-0.1, -0.05) is 34.7 Å². The molecule has 54 valence electrons. The van der Waals surface area contributed by atoms with E-state index in [1.807, 2.05) is 0 Å². The summed E-state index contributed by atoms with van der Waals surface area (Å²) in [6, 6.07) is 6.32. The van der Waals surface area contributed by atoms with E-state index >= 15 is 0 Å². The largest absolute Gasteiger partial charge is 0.0811 e. The molecule has 0 heterocycles. The van der Waals surface area contributed by atoms with Crippen LogP contribution in [0, 0.1) is 3.57 Å². The van der Waals surface area contributed by atoms with E-state index < -0.39 is 0 Å². The molecule has 0 atom stereocenters. The number of halogens is 3. The molecule has 0 aromatic heterocycles. The monoisotopic (exact) mass is 422 g/mol. The number of benzene rings is 1. The molecule has 0 spiro atoms. The highest BCUT2D eigenvalue weighted by Gasteiger charge is 1.99. The first-order chi connectivity index (χ1) is 4.75. The predicted octanol–water partition coefficient (Wildman–Crippen LogP) is 3.99. The summed E-state index contributed by atoms with van der Waals surface area (Å²) in [6.07, 6.45) is 0. The first-order valence-electron chi connectivity index (χ1n) is 2.74. The first kappa shape index (κ1) is 9.25. The van der Waals surface area contributed by atoms with Gasteiger partial charge in [0.15, 0.2) is 0 Å². The zero-order chi connectivity index (χ0) is 7.56. The smallest absolute Gasteiger partial charge is 0.0348 e. The van der Waals surface area contributed by atoms with Crippen molar-refractivity contribution in [1.82, 2.24) is 0 Å². The van der Waals surface area contributed by atoms with Crippen LogP contribution in [0.2, 0.25) is 0 Å². The molecule has 0 bridgehead atoms. The molecule has 0 unspecified atom stereocenters. The van der Waals surface area contributed by atoms with Crippen molar-refractivity contribution in [2.24, 2.45) is 0 Å². The van der Waals surface area contributed by atoms with Crippen LogP contribution in [-0.4, -0.2) is 0 Å². The summed E-state index contributed by atoms with van der Waals surface area (Å²) in [4.78, 5) is 0. The van der Waals surface area contributed by atoms with Crippen molar-refractivity contribution in [3.05, 3.63) is 31.8 Å². The normalized spacial score (nSPS) is 9.90. The third-order valence-corrected chi connectivity index (χ3v) is 4.57. The van der Waals surface area contributed by atoms with E-state index in [1.54, 1.807) is 0 Å². The fraction of sp³-hybridized carbons (Fsp3) is 0.143. The van der Waals surface area contributed by atoms with Gasteiger partial charge in [0, 0.05) is 12.5 Å². The second-order valence-electron chi connectivity index (χ2n) is 1.85. The second-order valence-corrected chi connectivity index (χ2v) is 4.56. The molecular formula is C7H5BrI2. The van der Waals surface area contributed by atoms with Crippen molar-refractivity contribution in [3.8, 4) is 0 Å². The first-order valence-corrected chi connectivity index (χ1v) is 6.14. The van der Waals surface area contributed by atoms with E-state index in [1.165, 1.54) is 13.6 Å². The van der Waals surface area contributed by atoms with Crippen molar-refractivity contribution >= 4 is 61.1 Å². The molecule has 3 heteroatoms. The Bertz CT molecular complexity index is 235. The average Bonchev–Trinajstić information content (AvgIpc) is 1.95. The Hall–Kier alpha value is 1.16. The van der Waals surface area contributed by atoms with Crippen LogP contribution in [-0.2, 0) is 4.43 Å². The minimum atomic E-state index is 1.06. The predicted molar refractivity (Wildman–Crippen MR) is 64.6 cm³/mol. The average molecular weight is 423 g/mol. The molecule has 0 amide bonds. The highest BCUT2D eigenvalue weighted by atomic mass is 127. The molecule has 0 nitrogen and oxygen atoms in total. The van der Waals surface area contributed by atoms with Crippen LogP contribution in [0.15, 0.2) is 22.7 Å². The maximum atomic E-state index is 3.53. The van der Waals surface area contributed by atoms with Crippen molar-refractivity contribution in [2.45, 2.75) is 4.43 Å².